The number of sulfonamides is 1. The van der Waals surface area contributed by atoms with Gasteiger partial charge in [-0.2, -0.15) is 4.31 Å². The first kappa shape index (κ1) is 21.1. The van der Waals surface area contributed by atoms with Crippen molar-refractivity contribution in [2.24, 2.45) is 11.7 Å². The maximum Gasteiger partial charge on any atom is 0.310 e. The first-order valence-electron chi connectivity index (χ1n) is 9.47. The number of nitrogens with zero attached hydrogens (tertiary/aromatic N) is 1. The van der Waals surface area contributed by atoms with Gasteiger partial charge < -0.3 is 15.8 Å². The van der Waals surface area contributed by atoms with E-state index in [1.807, 2.05) is 0 Å². The molecule has 1 aliphatic carbocycles. The minimum atomic E-state index is -3.64. The number of carbonyl (C=O) groups is 2. The van der Waals surface area contributed by atoms with Crippen LogP contribution in [0.3, 0.4) is 0 Å². The molecule has 9 heteroatoms. The third-order valence-corrected chi connectivity index (χ3v) is 7.86. The quantitative estimate of drug-likeness (QED) is 0.607. The van der Waals surface area contributed by atoms with Gasteiger partial charge in [0.05, 0.1) is 18.3 Å². The second-order valence-corrected chi connectivity index (χ2v) is 9.21. The van der Waals surface area contributed by atoms with E-state index >= 15 is 0 Å². The first-order chi connectivity index (χ1) is 12.4. The van der Waals surface area contributed by atoms with Gasteiger partial charge in [-0.25, -0.2) is 8.42 Å². The Kier molecular flexibility index (Phi) is 7.85. The Morgan fingerprint density at radius 1 is 1.15 bits per heavy atom. The summed E-state index contributed by atoms with van der Waals surface area (Å²) in [5, 5.41) is 2.05. The Labute approximate surface area is 155 Å². The van der Waals surface area contributed by atoms with Gasteiger partial charge in [0.25, 0.3) is 0 Å². The number of carbonyl (C=O) groups excluding carboxylic acids is 2. The molecule has 2 rings (SSSR count). The van der Waals surface area contributed by atoms with Gasteiger partial charge in [0.2, 0.25) is 15.9 Å². The van der Waals surface area contributed by atoms with Crippen LogP contribution in [0.5, 0.6) is 0 Å². The van der Waals surface area contributed by atoms with Crippen molar-refractivity contribution in [3.05, 3.63) is 0 Å². The number of amides is 1. The van der Waals surface area contributed by atoms with E-state index in [0.29, 0.717) is 25.8 Å². The molecule has 1 heterocycles. The van der Waals surface area contributed by atoms with Gasteiger partial charge in [-0.15, -0.1) is 0 Å². The second-order valence-electron chi connectivity index (χ2n) is 7.10. The zero-order valence-corrected chi connectivity index (χ0v) is 16.3. The average molecular weight is 390 g/mol. The maximum atomic E-state index is 13.3. The van der Waals surface area contributed by atoms with Gasteiger partial charge in [0.1, 0.15) is 0 Å². The van der Waals surface area contributed by atoms with Crippen molar-refractivity contribution in [3.8, 4) is 0 Å². The lowest BCUT2D eigenvalue weighted by molar-refractivity contribution is -0.146. The highest BCUT2D eigenvalue weighted by atomic mass is 32.2. The van der Waals surface area contributed by atoms with E-state index in [0.717, 1.165) is 25.7 Å². The number of piperidine rings is 1. The van der Waals surface area contributed by atoms with Crippen molar-refractivity contribution < 1.29 is 22.7 Å². The molecule has 0 radical (unpaired) electrons. The highest BCUT2D eigenvalue weighted by Gasteiger charge is 2.45. The molecule has 0 aromatic heterocycles. The molecule has 2 aliphatic rings. The lowest BCUT2D eigenvalue weighted by Crippen LogP contribution is -2.54. The van der Waals surface area contributed by atoms with Gasteiger partial charge in [-0.1, -0.05) is 19.3 Å². The molecule has 0 bridgehead atoms. The summed E-state index contributed by atoms with van der Waals surface area (Å²) in [4.78, 5) is 23.8. The lowest BCUT2D eigenvalue weighted by Gasteiger charge is -2.39. The lowest BCUT2D eigenvalue weighted by atomic mass is 9.89. The fourth-order valence-electron chi connectivity index (χ4n) is 4.01. The molecule has 3 atom stereocenters. The largest absolute Gasteiger partial charge is 0.469 e. The van der Waals surface area contributed by atoms with Crippen LogP contribution in [0.4, 0.5) is 0 Å². The maximum absolute atomic E-state index is 13.3. The van der Waals surface area contributed by atoms with E-state index in [9.17, 15) is 18.0 Å². The summed E-state index contributed by atoms with van der Waals surface area (Å²) in [6, 6.07) is -0.268. The number of ether oxygens (including phenoxy) is 1. The van der Waals surface area contributed by atoms with Crippen molar-refractivity contribution in [1.29, 1.82) is 0 Å². The summed E-state index contributed by atoms with van der Waals surface area (Å²) in [6.07, 6.45) is 5.31. The third kappa shape index (κ3) is 4.95. The molecule has 150 valence electrons. The smallest absolute Gasteiger partial charge is 0.310 e. The molecule has 3 N–H and O–H groups in total. The minimum absolute atomic E-state index is 0.166. The predicted octanol–water partition coefficient (Wildman–Crippen LogP) is 0.368. The Balaban J connectivity index is 2.14. The van der Waals surface area contributed by atoms with Crippen LogP contribution in [0.1, 0.15) is 51.4 Å². The fourth-order valence-corrected chi connectivity index (χ4v) is 6.47. The van der Waals surface area contributed by atoms with E-state index in [4.69, 9.17) is 10.5 Å². The highest BCUT2D eigenvalue weighted by Crippen LogP contribution is 2.34. The Morgan fingerprint density at radius 2 is 1.85 bits per heavy atom. The number of hydrogen-bond donors (Lipinski definition) is 2. The van der Waals surface area contributed by atoms with Crippen LogP contribution in [-0.2, 0) is 24.3 Å². The Bertz CT molecular complexity index is 595. The van der Waals surface area contributed by atoms with Crippen LogP contribution in [0.2, 0.25) is 0 Å². The van der Waals surface area contributed by atoms with E-state index in [1.54, 1.807) is 0 Å². The Morgan fingerprint density at radius 3 is 2.54 bits per heavy atom. The minimum Gasteiger partial charge on any atom is -0.469 e. The monoisotopic (exact) mass is 389 g/mol. The molecule has 1 saturated carbocycles. The van der Waals surface area contributed by atoms with E-state index in [1.165, 1.54) is 11.4 Å². The zero-order chi connectivity index (χ0) is 19.2. The highest BCUT2D eigenvalue weighted by molar-refractivity contribution is 7.89. The third-order valence-electron chi connectivity index (χ3n) is 5.40. The number of hydrogen-bond acceptors (Lipinski definition) is 6. The number of nitrogens with two attached hydrogens (primary N) is 1. The van der Waals surface area contributed by atoms with Crippen molar-refractivity contribution in [2.45, 2.75) is 62.7 Å². The van der Waals surface area contributed by atoms with Gasteiger partial charge >= 0.3 is 5.97 Å². The van der Waals surface area contributed by atoms with Gasteiger partial charge in [-0.3, -0.25) is 9.59 Å². The second kappa shape index (κ2) is 9.66. The molecular weight excluding hydrogens is 358 g/mol. The van der Waals surface area contributed by atoms with Crippen LogP contribution in [0.15, 0.2) is 0 Å². The van der Waals surface area contributed by atoms with E-state index in [-0.39, 0.29) is 31.5 Å². The zero-order valence-electron chi connectivity index (χ0n) is 15.5. The molecule has 0 aromatic rings. The van der Waals surface area contributed by atoms with E-state index < -0.39 is 27.2 Å². The topological polar surface area (TPSA) is 119 Å². The SMILES string of the molecule is COC(=O)C1CCCCC1S(=O)(=O)N1CCCCC1CNC(=O)CCN. The van der Waals surface area contributed by atoms with Crippen molar-refractivity contribution in [2.75, 3.05) is 26.7 Å². The molecule has 0 spiro atoms. The van der Waals surface area contributed by atoms with Gasteiger partial charge in [0, 0.05) is 32.1 Å². The number of nitrogens with one attached hydrogen (secondary N) is 1. The number of methoxy groups -OCH3 is 1. The summed E-state index contributed by atoms with van der Waals surface area (Å²) < 4.78 is 33.0. The van der Waals surface area contributed by atoms with Crippen LogP contribution in [-0.4, -0.2) is 62.6 Å². The van der Waals surface area contributed by atoms with Crippen LogP contribution in [0.25, 0.3) is 0 Å². The summed E-state index contributed by atoms with van der Waals surface area (Å²) >= 11 is 0. The Hall–Kier alpha value is -1.19. The van der Waals surface area contributed by atoms with Crippen LogP contribution in [0, 0.1) is 5.92 Å². The number of rotatable bonds is 7. The first-order valence-corrected chi connectivity index (χ1v) is 11.0. The van der Waals surface area contributed by atoms with Crippen molar-refractivity contribution >= 4 is 21.9 Å². The van der Waals surface area contributed by atoms with Crippen LogP contribution >= 0.6 is 0 Å². The molecule has 1 aliphatic heterocycles. The normalized spacial score (nSPS) is 27.7. The standard InChI is InChI=1S/C17H31N3O5S/c1-25-17(22)14-7-2-3-8-15(14)26(23,24)20-11-5-4-6-13(20)12-19-16(21)9-10-18/h13-15H,2-12,18H2,1H3,(H,19,21). The molecule has 2 fully saturated rings. The predicted molar refractivity (Wildman–Crippen MR) is 97.7 cm³/mol. The molecule has 26 heavy (non-hydrogen) atoms. The summed E-state index contributed by atoms with van der Waals surface area (Å²) in [5.74, 6) is -1.21. The number of esters is 1. The van der Waals surface area contributed by atoms with Gasteiger partial charge in [0.15, 0.2) is 0 Å². The molecule has 0 aromatic carbocycles. The summed E-state index contributed by atoms with van der Waals surface area (Å²) in [7, 11) is -2.34. The van der Waals surface area contributed by atoms with Crippen LogP contribution < -0.4 is 11.1 Å². The molecule has 1 amide bonds. The molecule has 8 nitrogen and oxygen atoms in total. The summed E-state index contributed by atoms with van der Waals surface area (Å²) in [6.45, 7) is 0.985. The molecular formula is C17H31N3O5S. The average Bonchev–Trinajstić information content (AvgIpc) is 2.66. The molecule has 1 saturated heterocycles. The van der Waals surface area contributed by atoms with E-state index in [2.05, 4.69) is 5.32 Å². The fraction of sp³-hybridized carbons (Fsp3) is 0.882. The summed E-state index contributed by atoms with van der Waals surface area (Å²) in [5.41, 5.74) is 5.38. The van der Waals surface area contributed by atoms with Gasteiger partial charge in [-0.05, 0) is 25.7 Å². The molecule has 3 unspecified atom stereocenters. The van der Waals surface area contributed by atoms with Crippen molar-refractivity contribution in [1.82, 2.24) is 9.62 Å². The van der Waals surface area contributed by atoms with Crippen molar-refractivity contribution in [3.63, 3.8) is 0 Å².